The fourth-order valence-corrected chi connectivity index (χ4v) is 4.31. The molecule has 1 aromatic carbocycles. The lowest BCUT2D eigenvalue weighted by molar-refractivity contribution is -0.146. The molecule has 3 atom stereocenters. The van der Waals surface area contributed by atoms with Crippen molar-refractivity contribution < 1.29 is 14.4 Å². The highest BCUT2D eigenvalue weighted by molar-refractivity contribution is 7.98. The van der Waals surface area contributed by atoms with Crippen LogP contribution in [0, 0.1) is 11.8 Å². The van der Waals surface area contributed by atoms with Crippen LogP contribution in [0.2, 0.25) is 0 Å². The summed E-state index contributed by atoms with van der Waals surface area (Å²) in [5.74, 6) is -0.294. The van der Waals surface area contributed by atoms with E-state index in [0.29, 0.717) is 12.1 Å². The Morgan fingerprint density at radius 2 is 1.76 bits per heavy atom. The molecular weight excluding hydrogens is 336 g/mol. The summed E-state index contributed by atoms with van der Waals surface area (Å²) >= 11 is 1.61. The third-order valence-corrected chi connectivity index (χ3v) is 5.77. The minimum atomic E-state index is -0.724. The number of likely N-dealkylation sites (tertiary alicyclic amines) is 1. The number of anilines is 1. The van der Waals surface area contributed by atoms with Gasteiger partial charge in [0.1, 0.15) is 6.04 Å². The zero-order chi connectivity index (χ0) is 17.8. The molecule has 0 spiro atoms. The Bertz CT molecular complexity index is 625. The zero-order valence-corrected chi connectivity index (χ0v) is 15.3. The highest BCUT2D eigenvalue weighted by atomic mass is 32.2. The van der Waals surface area contributed by atoms with Gasteiger partial charge >= 0.3 is 0 Å². The van der Waals surface area contributed by atoms with Crippen molar-refractivity contribution in [3.63, 3.8) is 0 Å². The second-order valence-corrected chi connectivity index (χ2v) is 7.68. The smallest absolute Gasteiger partial charge is 0.247 e. The summed E-state index contributed by atoms with van der Waals surface area (Å²) in [6.07, 6.45) is 5.94. The summed E-state index contributed by atoms with van der Waals surface area (Å²) < 4.78 is 0. The van der Waals surface area contributed by atoms with E-state index in [-0.39, 0.29) is 29.6 Å². The van der Waals surface area contributed by atoms with Crippen molar-refractivity contribution in [3.05, 3.63) is 30.3 Å². The predicted molar refractivity (Wildman–Crippen MR) is 99.2 cm³/mol. The Kier molecular flexibility index (Phi) is 5.78. The molecule has 0 aromatic heterocycles. The highest BCUT2D eigenvalue weighted by Gasteiger charge is 2.51. The van der Waals surface area contributed by atoms with Gasteiger partial charge in [0, 0.05) is 5.69 Å². The number of carbonyl (C=O) groups excluding carboxylic acids is 3. The second-order valence-electron chi connectivity index (χ2n) is 6.70. The second kappa shape index (κ2) is 8.04. The van der Waals surface area contributed by atoms with E-state index in [1.807, 2.05) is 24.5 Å². The van der Waals surface area contributed by atoms with Crippen LogP contribution in [0.4, 0.5) is 5.69 Å². The van der Waals surface area contributed by atoms with Gasteiger partial charge in [-0.1, -0.05) is 31.0 Å². The standard InChI is InChI=1S/C19H24N2O3S/c1-25-12-11-16(17(22)20-13-7-3-2-4-8-13)21-18(23)14-9-5-6-10-15(14)19(21)24/h2-4,7-8,14-16H,5-6,9-12H2,1H3,(H,20,22)/t14-,15-,16-/m1/s1. The number of amides is 3. The van der Waals surface area contributed by atoms with Crippen LogP contribution in [0.25, 0.3) is 0 Å². The summed E-state index contributed by atoms with van der Waals surface area (Å²) in [5.41, 5.74) is 0.679. The molecule has 2 fully saturated rings. The van der Waals surface area contributed by atoms with Crippen molar-refractivity contribution in [2.45, 2.75) is 38.1 Å². The fourth-order valence-electron chi connectivity index (χ4n) is 3.85. The topological polar surface area (TPSA) is 66.5 Å². The van der Waals surface area contributed by atoms with Crippen molar-refractivity contribution in [2.24, 2.45) is 11.8 Å². The number of hydrogen-bond donors (Lipinski definition) is 1. The largest absolute Gasteiger partial charge is 0.324 e. The van der Waals surface area contributed by atoms with Gasteiger partial charge in [-0.15, -0.1) is 0 Å². The first-order chi connectivity index (χ1) is 12.1. The van der Waals surface area contributed by atoms with Gasteiger partial charge in [0.2, 0.25) is 17.7 Å². The van der Waals surface area contributed by atoms with Crippen LogP contribution in [0.5, 0.6) is 0 Å². The van der Waals surface area contributed by atoms with Gasteiger partial charge in [0.05, 0.1) is 11.8 Å². The van der Waals surface area contributed by atoms with E-state index in [2.05, 4.69) is 5.32 Å². The molecule has 2 aliphatic rings. The molecule has 3 rings (SSSR count). The van der Waals surface area contributed by atoms with Gasteiger partial charge < -0.3 is 5.32 Å². The van der Waals surface area contributed by atoms with Crippen LogP contribution in [0.1, 0.15) is 32.1 Å². The van der Waals surface area contributed by atoms with Gasteiger partial charge in [-0.25, -0.2) is 0 Å². The molecule has 0 bridgehead atoms. The van der Waals surface area contributed by atoms with Crippen molar-refractivity contribution in [2.75, 3.05) is 17.3 Å². The SMILES string of the molecule is CSCC[C@H](C(=O)Nc1ccccc1)N1C(=O)[C@@H]2CCCC[C@H]2C1=O. The lowest BCUT2D eigenvalue weighted by atomic mass is 9.81. The Morgan fingerprint density at radius 1 is 1.16 bits per heavy atom. The minimum Gasteiger partial charge on any atom is -0.324 e. The molecule has 1 aliphatic carbocycles. The van der Waals surface area contributed by atoms with Gasteiger partial charge in [-0.2, -0.15) is 11.8 Å². The van der Waals surface area contributed by atoms with Crippen LogP contribution in [0.15, 0.2) is 30.3 Å². The average Bonchev–Trinajstić information content (AvgIpc) is 2.88. The summed E-state index contributed by atoms with van der Waals surface area (Å²) in [5, 5.41) is 2.86. The van der Waals surface area contributed by atoms with E-state index in [9.17, 15) is 14.4 Å². The number of rotatable bonds is 6. The van der Waals surface area contributed by atoms with Gasteiger partial charge in [-0.05, 0) is 43.4 Å². The van der Waals surface area contributed by atoms with Crippen molar-refractivity contribution in [1.29, 1.82) is 0 Å². The first-order valence-corrected chi connectivity index (χ1v) is 10.2. The summed E-state index contributed by atoms with van der Waals surface area (Å²) in [7, 11) is 0. The van der Waals surface area contributed by atoms with Gasteiger partial charge in [0.25, 0.3) is 0 Å². The molecule has 6 heteroatoms. The van der Waals surface area contributed by atoms with Crippen molar-refractivity contribution in [3.8, 4) is 0 Å². The van der Waals surface area contributed by atoms with Crippen LogP contribution in [0.3, 0.4) is 0 Å². The molecule has 0 radical (unpaired) electrons. The van der Waals surface area contributed by atoms with Crippen LogP contribution in [-0.4, -0.2) is 40.7 Å². The van der Waals surface area contributed by atoms with E-state index >= 15 is 0 Å². The van der Waals surface area contributed by atoms with Crippen molar-refractivity contribution in [1.82, 2.24) is 4.90 Å². The number of benzene rings is 1. The molecule has 1 aliphatic heterocycles. The maximum atomic E-state index is 12.8. The molecule has 1 saturated heterocycles. The fraction of sp³-hybridized carbons (Fsp3) is 0.526. The Morgan fingerprint density at radius 3 is 2.32 bits per heavy atom. The number of hydrogen-bond acceptors (Lipinski definition) is 4. The molecule has 5 nitrogen and oxygen atoms in total. The van der Waals surface area contributed by atoms with Crippen molar-refractivity contribution >= 4 is 35.2 Å². The van der Waals surface area contributed by atoms with E-state index in [1.165, 1.54) is 4.90 Å². The number of thioether (sulfide) groups is 1. The Balaban J connectivity index is 1.81. The minimum absolute atomic E-state index is 0.149. The molecule has 1 heterocycles. The third-order valence-electron chi connectivity index (χ3n) is 5.13. The highest BCUT2D eigenvalue weighted by Crippen LogP contribution is 2.39. The quantitative estimate of drug-likeness (QED) is 0.792. The number of nitrogens with zero attached hydrogens (tertiary/aromatic N) is 1. The lowest BCUT2D eigenvalue weighted by Gasteiger charge is -2.25. The molecule has 25 heavy (non-hydrogen) atoms. The molecule has 3 amide bonds. The van der Waals surface area contributed by atoms with E-state index < -0.39 is 6.04 Å². The van der Waals surface area contributed by atoms with E-state index in [4.69, 9.17) is 0 Å². The maximum absolute atomic E-state index is 12.8. The summed E-state index contributed by atoms with van der Waals surface area (Å²) in [6, 6.07) is 8.44. The maximum Gasteiger partial charge on any atom is 0.247 e. The summed E-state index contributed by atoms with van der Waals surface area (Å²) in [4.78, 5) is 39.8. The summed E-state index contributed by atoms with van der Waals surface area (Å²) in [6.45, 7) is 0. The predicted octanol–water partition coefficient (Wildman–Crippen LogP) is 2.92. The normalized spacial score (nSPS) is 24.1. The number of nitrogens with one attached hydrogen (secondary N) is 1. The molecule has 0 unspecified atom stereocenters. The number of imide groups is 1. The Hall–Kier alpha value is -1.82. The Labute approximate surface area is 152 Å². The van der Waals surface area contributed by atoms with E-state index in [1.54, 1.807) is 23.9 Å². The monoisotopic (exact) mass is 360 g/mol. The lowest BCUT2D eigenvalue weighted by Crippen LogP contribution is -2.48. The van der Waals surface area contributed by atoms with Crippen LogP contribution in [-0.2, 0) is 14.4 Å². The number of para-hydroxylation sites is 1. The number of carbonyl (C=O) groups is 3. The molecular formula is C19H24N2O3S. The van der Waals surface area contributed by atoms with Crippen LogP contribution < -0.4 is 5.32 Å². The van der Waals surface area contributed by atoms with Gasteiger partial charge in [0.15, 0.2) is 0 Å². The molecule has 1 saturated carbocycles. The first-order valence-electron chi connectivity index (χ1n) is 8.85. The third kappa shape index (κ3) is 3.73. The zero-order valence-electron chi connectivity index (χ0n) is 14.4. The van der Waals surface area contributed by atoms with Crippen LogP contribution >= 0.6 is 11.8 Å². The average molecular weight is 360 g/mol. The van der Waals surface area contributed by atoms with E-state index in [0.717, 1.165) is 31.4 Å². The molecule has 1 N–H and O–H groups in total. The molecule has 1 aromatic rings. The van der Waals surface area contributed by atoms with Gasteiger partial charge in [-0.3, -0.25) is 19.3 Å². The first kappa shape index (κ1) is 18.0. The molecule has 134 valence electrons. The number of fused-ring (bicyclic) bond motifs is 1.